The second-order valence-corrected chi connectivity index (χ2v) is 8.79. The number of carbonyl (C=O) groups is 1. The van der Waals surface area contributed by atoms with Gasteiger partial charge in [-0.05, 0) is 32.8 Å². The largest absolute Gasteiger partial charge is 0.352 e. The fourth-order valence-electron chi connectivity index (χ4n) is 4.14. The maximum absolute atomic E-state index is 13.5. The number of aryl methyl sites for hydroxylation is 1. The van der Waals surface area contributed by atoms with Crippen LogP contribution in [-0.4, -0.2) is 32.9 Å². The number of hydrogen-bond donors (Lipinski definition) is 1. The zero-order valence-electron chi connectivity index (χ0n) is 19.0. The lowest BCUT2D eigenvalue weighted by molar-refractivity contribution is -0.122. The lowest BCUT2D eigenvalue weighted by atomic mass is 10.0. The van der Waals surface area contributed by atoms with E-state index < -0.39 is 0 Å². The first-order valence-corrected chi connectivity index (χ1v) is 11.2. The van der Waals surface area contributed by atoms with E-state index in [2.05, 4.69) is 22.3 Å². The zero-order valence-corrected chi connectivity index (χ0v) is 19.0. The summed E-state index contributed by atoms with van der Waals surface area (Å²) in [5.74, 6) is 0.368. The quantitative estimate of drug-likeness (QED) is 0.652. The molecule has 0 unspecified atom stereocenters. The first-order valence-electron chi connectivity index (χ1n) is 11.2. The van der Waals surface area contributed by atoms with E-state index in [0.29, 0.717) is 18.8 Å². The van der Waals surface area contributed by atoms with Gasteiger partial charge in [0, 0.05) is 36.8 Å². The molecule has 0 aliphatic carbocycles. The minimum absolute atomic E-state index is 0.0122. The minimum Gasteiger partial charge on any atom is -0.352 e. The molecule has 0 saturated carbocycles. The van der Waals surface area contributed by atoms with Crippen LogP contribution in [0.2, 0.25) is 0 Å². The number of nitrogens with zero attached hydrogens (tertiary/aromatic N) is 3. The van der Waals surface area contributed by atoms with Gasteiger partial charge in [0.1, 0.15) is 12.4 Å². The maximum Gasteiger partial charge on any atom is 0.257 e. The van der Waals surface area contributed by atoms with Gasteiger partial charge in [0.2, 0.25) is 5.91 Å². The Morgan fingerprint density at radius 3 is 2.50 bits per heavy atom. The molecule has 1 aliphatic rings. The van der Waals surface area contributed by atoms with Crippen LogP contribution in [0.1, 0.15) is 36.2 Å². The van der Waals surface area contributed by atoms with Gasteiger partial charge in [0.05, 0.1) is 5.69 Å². The van der Waals surface area contributed by atoms with E-state index in [-0.39, 0.29) is 24.1 Å². The summed E-state index contributed by atoms with van der Waals surface area (Å²) in [6, 6.07) is 18.3. The molecule has 4 rings (SSSR count). The number of hydrogen-bond acceptors (Lipinski definition) is 4. The molecule has 0 radical (unpaired) electrons. The van der Waals surface area contributed by atoms with Gasteiger partial charge in [-0.1, -0.05) is 60.2 Å². The molecule has 0 fully saturated rings. The predicted octanol–water partition coefficient (Wildman–Crippen LogP) is 3.30. The predicted molar refractivity (Wildman–Crippen MR) is 126 cm³/mol. The standard InChI is InChI=1S/C26H30N4O2/c1-18(2)27-24(31)17-30-25(21-11-9-19(3)10-12-21)28-23-16-29(14-13-22(23)26(30)32)15-20-7-5-4-6-8-20/h4-12,18H,13-17H2,1-3H3,(H,27,31). The third kappa shape index (κ3) is 4.97. The van der Waals surface area contributed by atoms with E-state index in [9.17, 15) is 9.59 Å². The fourth-order valence-corrected chi connectivity index (χ4v) is 4.14. The van der Waals surface area contributed by atoms with Crippen molar-refractivity contribution < 1.29 is 4.79 Å². The fraction of sp³-hybridized carbons (Fsp3) is 0.346. The first kappa shape index (κ1) is 22.0. The van der Waals surface area contributed by atoms with Crippen LogP contribution in [0.5, 0.6) is 0 Å². The minimum atomic E-state index is -0.182. The van der Waals surface area contributed by atoms with E-state index >= 15 is 0 Å². The van der Waals surface area contributed by atoms with Crippen molar-refractivity contribution in [1.82, 2.24) is 19.8 Å². The SMILES string of the molecule is Cc1ccc(-c2nc3c(c(=O)n2CC(=O)NC(C)C)CCN(Cc2ccccc2)C3)cc1. The molecule has 2 heterocycles. The Labute approximate surface area is 188 Å². The number of aromatic nitrogens is 2. The van der Waals surface area contributed by atoms with Crippen LogP contribution < -0.4 is 10.9 Å². The molecule has 1 aromatic heterocycles. The molecular formula is C26H30N4O2. The van der Waals surface area contributed by atoms with E-state index in [1.165, 1.54) is 10.1 Å². The third-order valence-electron chi connectivity index (χ3n) is 5.71. The molecule has 1 amide bonds. The molecule has 1 N–H and O–H groups in total. The third-order valence-corrected chi connectivity index (χ3v) is 5.71. The van der Waals surface area contributed by atoms with Gasteiger partial charge in [-0.15, -0.1) is 0 Å². The lowest BCUT2D eigenvalue weighted by Gasteiger charge is -2.29. The van der Waals surface area contributed by atoms with Crippen molar-refractivity contribution in [2.75, 3.05) is 6.54 Å². The van der Waals surface area contributed by atoms with Gasteiger partial charge in [0.25, 0.3) is 5.56 Å². The van der Waals surface area contributed by atoms with Crippen molar-refractivity contribution in [1.29, 1.82) is 0 Å². The monoisotopic (exact) mass is 430 g/mol. The number of nitrogens with one attached hydrogen (secondary N) is 1. The van der Waals surface area contributed by atoms with Crippen molar-refractivity contribution in [2.45, 2.75) is 52.9 Å². The van der Waals surface area contributed by atoms with Gasteiger partial charge < -0.3 is 5.32 Å². The number of carbonyl (C=O) groups excluding carboxylic acids is 1. The summed E-state index contributed by atoms with van der Waals surface area (Å²) in [7, 11) is 0. The second-order valence-electron chi connectivity index (χ2n) is 8.79. The van der Waals surface area contributed by atoms with Gasteiger partial charge in [-0.25, -0.2) is 4.98 Å². The van der Waals surface area contributed by atoms with Gasteiger partial charge in [0.15, 0.2) is 0 Å². The number of fused-ring (bicyclic) bond motifs is 1. The Morgan fingerprint density at radius 1 is 1.09 bits per heavy atom. The smallest absolute Gasteiger partial charge is 0.257 e. The Hall–Kier alpha value is -3.25. The van der Waals surface area contributed by atoms with Crippen LogP contribution in [-0.2, 0) is 30.8 Å². The van der Waals surface area contributed by atoms with Crippen LogP contribution in [0.4, 0.5) is 0 Å². The summed E-state index contributed by atoms with van der Waals surface area (Å²) in [4.78, 5) is 33.3. The van der Waals surface area contributed by atoms with Crippen LogP contribution in [0.15, 0.2) is 59.4 Å². The van der Waals surface area contributed by atoms with E-state index in [0.717, 1.165) is 35.5 Å². The van der Waals surface area contributed by atoms with Crippen LogP contribution in [0, 0.1) is 6.92 Å². The molecule has 1 aliphatic heterocycles. The van der Waals surface area contributed by atoms with Crippen molar-refractivity contribution >= 4 is 5.91 Å². The summed E-state index contributed by atoms with van der Waals surface area (Å²) in [5.41, 5.74) is 4.65. The maximum atomic E-state index is 13.5. The Kier molecular flexibility index (Phi) is 6.51. The van der Waals surface area contributed by atoms with E-state index in [1.54, 1.807) is 0 Å². The second kappa shape index (κ2) is 9.49. The van der Waals surface area contributed by atoms with Gasteiger partial charge in [-0.2, -0.15) is 0 Å². The highest BCUT2D eigenvalue weighted by molar-refractivity contribution is 5.76. The summed E-state index contributed by atoms with van der Waals surface area (Å²) < 4.78 is 1.54. The average Bonchev–Trinajstić information content (AvgIpc) is 2.76. The highest BCUT2D eigenvalue weighted by Crippen LogP contribution is 2.22. The molecule has 6 nitrogen and oxygen atoms in total. The van der Waals surface area contributed by atoms with E-state index in [4.69, 9.17) is 4.98 Å². The zero-order chi connectivity index (χ0) is 22.7. The Balaban J connectivity index is 1.71. The summed E-state index contributed by atoms with van der Waals surface area (Å²) in [6.07, 6.45) is 0.633. The molecule has 6 heteroatoms. The van der Waals surface area contributed by atoms with E-state index in [1.807, 2.05) is 63.2 Å². The van der Waals surface area contributed by atoms with Crippen molar-refractivity contribution in [2.24, 2.45) is 0 Å². The number of rotatable bonds is 6. The molecule has 166 valence electrons. The summed E-state index contributed by atoms with van der Waals surface area (Å²) in [6.45, 7) is 8.05. The number of amides is 1. The highest BCUT2D eigenvalue weighted by Gasteiger charge is 2.25. The molecule has 0 atom stereocenters. The molecular weight excluding hydrogens is 400 g/mol. The molecule has 0 saturated heterocycles. The summed E-state index contributed by atoms with van der Waals surface area (Å²) >= 11 is 0. The normalized spacial score (nSPS) is 13.8. The van der Waals surface area contributed by atoms with Crippen LogP contribution >= 0.6 is 0 Å². The molecule has 3 aromatic rings. The highest BCUT2D eigenvalue weighted by atomic mass is 16.2. The Morgan fingerprint density at radius 2 is 1.81 bits per heavy atom. The Bertz CT molecular complexity index is 1150. The topological polar surface area (TPSA) is 67.2 Å². The van der Waals surface area contributed by atoms with Crippen LogP contribution in [0.25, 0.3) is 11.4 Å². The molecule has 0 bridgehead atoms. The first-order chi connectivity index (χ1) is 15.4. The van der Waals surface area contributed by atoms with Crippen molar-refractivity contribution in [3.63, 3.8) is 0 Å². The van der Waals surface area contributed by atoms with Gasteiger partial charge in [-0.3, -0.25) is 19.1 Å². The molecule has 0 spiro atoms. The molecule has 32 heavy (non-hydrogen) atoms. The van der Waals surface area contributed by atoms with Crippen LogP contribution in [0.3, 0.4) is 0 Å². The summed E-state index contributed by atoms with van der Waals surface area (Å²) in [5, 5.41) is 2.89. The van der Waals surface area contributed by atoms with Crippen molar-refractivity contribution in [3.8, 4) is 11.4 Å². The van der Waals surface area contributed by atoms with Gasteiger partial charge >= 0.3 is 0 Å². The van der Waals surface area contributed by atoms with Crippen molar-refractivity contribution in [3.05, 3.63) is 87.3 Å². The number of benzene rings is 2. The lowest BCUT2D eigenvalue weighted by Crippen LogP contribution is -2.41. The molecule has 2 aromatic carbocycles. The average molecular weight is 431 g/mol.